The standard InChI is InChI=1S/C20H20ClF3N2/c1-15-2-7-18(21)14-19(15)26-12-10-25(11-13-26)9-8-16-3-5-17(6-4-16)20(22,23)24/h2-9,14H,10-13H2,1H3/b9-8-. The first-order valence-corrected chi connectivity index (χ1v) is 8.81. The smallest absolute Gasteiger partial charge is 0.374 e. The Kier molecular flexibility index (Phi) is 5.47. The summed E-state index contributed by atoms with van der Waals surface area (Å²) in [4.78, 5) is 4.48. The molecule has 0 amide bonds. The molecule has 1 heterocycles. The van der Waals surface area contributed by atoms with Crippen molar-refractivity contribution in [1.82, 2.24) is 4.90 Å². The lowest BCUT2D eigenvalue weighted by atomic mass is 10.1. The van der Waals surface area contributed by atoms with Gasteiger partial charge < -0.3 is 9.80 Å². The van der Waals surface area contributed by atoms with Crippen molar-refractivity contribution >= 4 is 23.4 Å². The second-order valence-electron chi connectivity index (χ2n) is 6.39. The van der Waals surface area contributed by atoms with E-state index in [2.05, 4.69) is 16.7 Å². The van der Waals surface area contributed by atoms with Gasteiger partial charge in [0.15, 0.2) is 0 Å². The predicted molar refractivity (Wildman–Crippen MR) is 100 cm³/mol. The largest absolute Gasteiger partial charge is 0.416 e. The minimum absolute atomic E-state index is 0.625. The molecule has 2 nitrogen and oxygen atoms in total. The molecule has 0 N–H and O–H groups in total. The van der Waals surface area contributed by atoms with Gasteiger partial charge in [-0.25, -0.2) is 0 Å². The van der Waals surface area contributed by atoms with Crippen LogP contribution in [-0.2, 0) is 6.18 Å². The van der Waals surface area contributed by atoms with E-state index in [1.54, 1.807) is 0 Å². The average Bonchev–Trinajstić information content (AvgIpc) is 2.62. The molecular weight excluding hydrogens is 361 g/mol. The van der Waals surface area contributed by atoms with E-state index in [1.165, 1.54) is 17.7 Å². The van der Waals surface area contributed by atoms with Gasteiger partial charge in [0.1, 0.15) is 0 Å². The van der Waals surface area contributed by atoms with E-state index in [4.69, 9.17) is 11.6 Å². The fourth-order valence-electron chi connectivity index (χ4n) is 3.01. The van der Waals surface area contributed by atoms with Crippen molar-refractivity contribution in [2.24, 2.45) is 0 Å². The van der Waals surface area contributed by atoms with Gasteiger partial charge >= 0.3 is 6.18 Å². The average molecular weight is 381 g/mol. The molecule has 2 aromatic rings. The molecule has 1 fully saturated rings. The fraction of sp³-hybridized carbons (Fsp3) is 0.300. The predicted octanol–water partition coefficient (Wildman–Crippen LogP) is 5.46. The number of piperazine rings is 1. The van der Waals surface area contributed by atoms with Crippen molar-refractivity contribution in [3.63, 3.8) is 0 Å². The number of rotatable bonds is 3. The van der Waals surface area contributed by atoms with Crippen molar-refractivity contribution < 1.29 is 13.2 Å². The quantitative estimate of drug-likeness (QED) is 0.697. The zero-order chi connectivity index (χ0) is 18.7. The summed E-state index contributed by atoms with van der Waals surface area (Å²) < 4.78 is 37.8. The second-order valence-corrected chi connectivity index (χ2v) is 6.83. The van der Waals surface area contributed by atoms with Gasteiger partial charge in [-0.15, -0.1) is 0 Å². The van der Waals surface area contributed by atoms with Crippen LogP contribution in [0.15, 0.2) is 48.7 Å². The minimum atomic E-state index is -4.29. The van der Waals surface area contributed by atoms with Crippen LogP contribution in [0.3, 0.4) is 0 Å². The van der Waals surface area contributed by atoms with Crippen molar-refractivity contribution in [3.05, 3.63) is 70.4 Å². The molecule has 26 heavy (non-hydrogen) atoms. The Hall–Kier alpha value is -2.14. The van der Waals surface area contributed by atoms with E-state index in [1.807, 2.05) is 30.5 Å². The zero-order valence-corrected chi connectivity index (χ0v) is 15.2. The van der Waals surface area contributed by atoms with Crippen LogP contribution in [-0.4, -0.2) is 31.1 Å². The SMILES string of the molecule is Cc1ccc(Cl)cc1N1CCN(/C=C\c2ccc(C(F)(F)F)cc2)CC1. The minimum Gasteiger partial charge on any atom is -0.374 e. The summed E-state index contributed by atoms with van der Waals surface area (Å²) in [7, 11) is 0. The van der Waals surface area contributed by atoms with E-state index in [0.29, 0.717) is 0 Å². The number of anilines is 1. The number of hydrogen-bond donors (Lipinski definition) is 0. The summed E-state index contributed by atoms with van der Waals surface area (Å²) in [6.45, 7) is 5.52. The molecule has 1 aliphatic rings. The zero-order valence-electron chi connectivity index (χ0n) is 14.4. The van der Waals surface area contributed by atoms with Crippen molar-refractivity contribution in [1.29, 1.82) is 0 Å². The van der Waals surface area contributed by atoms with Gasteiger partial charge in [0, 0.05) is 36.9 Å². The second kappa shape index (κ2) is 7.62. The fourth-order valence-corrected chi connectivity index (χ4v) is 3.18. The maximum atomic E-state index is 12.6. The lowest BCUT2D eigenvalue weighted by Gasteiger charge is -2.36. The Morgan fingerprint density at radius 1 is 0.962 bits per heavy atom. The molecule has 0 atom stereocenters. The molecule has 0 radical (unpaired) electrons. The molecule has 6 heteroatoms. The first-order chi connectivity index (χ1) is 12.3. The van der Waals surface area contributed by atoms with E-state index in [0.717, 1.165) is 54.6 Å². The van der Waals surface area contributed by atoms with Gasteiger partial charge in [-0.2, -0.15) is 13.2 Å². The maximum Gasteiger partial charge on any atom is 0.416 e. The normalized spacial score (nSPS) is 15.7. The molecule has 0 spiro atoms. The molecule has 0 unspecified atom stereocenters. The van der Waals surface area contributed by atoms with Crippen LogP contribution >= 0.6 is 11.6 Å². The third-order valence-electron chi connectivity index (χ3n) is 4.54. The monoisotopic (exact) mass is 380 g/mol. The van der Waals surface area contributed by atoms with Crippen LogP contribution < -0.4 is 4.90 Å². The van der Waals surface area contributed by atoms with Crippen LogP contribution in [0.1, 0.15) is 16.7 Å². The highest BCUT2D eigenvalue weighted by Crippen LogP contribution is 2.29. The highest BCUT2D eigenvalue weighted by atomic mass is 35.5. The summed E-state index contributed by atoms with van der Waals surface area (Å²) in [5, 5.41) is 0.732. The Morgan fingerprint density at radius 3 is 2.23 bits per heavy atom. The van der Waals surface area contributed by atoms with E-state index < -0.39 is 11.7 Å². The Labute approximate surface area is 156 Å². The number of aryl methyl sites for hydroxylation is 1. The van der Waals surface area contributed by atoms with Crippen LogP contribution in [0.25, 0.3) is 6.08 Å². The molecule has 0 aromatic heterocycles. The molecule has 2 aromatic carbocycles. The molecule has 1 aliphatic heterocycles. The Balaban J connectivity index is 1.58. The van der Waals surface area contributed by atoms with Crippen LogP contribution in [0.5, 0.6) is 0 Å². The summed E-state index contributed by atoms with van der Waals surface area (Å²) >= 11 is 6.10. The van der Waals surface area contributed by atoms with Gasteiger partial charge in [0.2, 0.25) is 0 Å². The Morgan fingerprint density at radius 2 is 1.62 bits per heavy atom. The summed E-state index contributed by atoms with van der Waals surface area (Å²) in [5.41, 5.74) is 2.48. The molecule has 138 valence electrons. The third kappa shape index (κ3) is 4.52. The molecule has 1 saturated heterocycles. The molecule has 0 bridgehead atoms. The number of hydrogen-bond acceptors (Lipinski definition) is 2. The first kappa shape index (κ1) is 18.6. The molecule has 0 aliphatic carbocycles. The highest BCUT2D eigenvalue weighted by molar-refractivity contribution is 6.30. The number of halogens is 4. The summed E-state index contributed by atoms with van der Waals surface area (Å²) in [6, 6.07) is 11.1. The number of alkyl halides is 3. The van der Waals surface area contributed by atoms with Gasteiger partial charge in [0.05, 0.1) is 5.56 Å². The van der Waals surface area contributed by atoms with E-state index >= 15 is 0 Å². The molecule has 0 saturated carbocycles. The van der Waals surface area contributed by atoms with Crippen molar-refractivity contribution in [2.45, 2.75) is 13.1 Å². The van der Waals surface area contributed by atoms with E-state index in [9.17, 15) is 13.2 Å². The van der Waals surface area contributed by atoms with Crippen LogP contribution in [0, 0.1) is 6.92 Å². The lowest BCUT2D eigenvalue weighted by molar-refractivity contribution is -0.137. The van der Waals surface area contributed by atoms with Gasteiger partial charge in [0.25, 0.3) is 0 Å². The van der Waals surface area contributed by atoms with Crippen LogP contribution in [0.4, 0.5) is 18.9 Å². The summed E-state index contributed by atoms with van der Waals surface area (Å²) in [6.07, 6.45) is -0.498. The van der Waals surface area contributed by atoms with Gasteiger partial charge in [-0.3, -0.25) is 0 Å². The Bertz CT molecular complexity index is 777. The number of benzene rings is 2. The van der Waals surface area contributed by atoms with Crippen LogP contribution in [0.2, 0.25) is 5.02 Å². The maximum absolute atomic E-state index is 12.6. The van der Waals surface area contributed by atoms with Gasteiger partial charge in [-0.05, 0) is 54.6 Å². The first-order valence-electron chi connectivity index (χ1n) is 8.43. The summed E-state index contributed by atoms with van der Waals surface area (Å²) in [5.74, 6) is 0. The highest BCUT2D eigenvalue weighted by Gasteiger charge is 2.29. The molecule has 3 rings (SSSR count). The third-order valence-corrected chi connectivity index (χ3v) is 4.78. The topological polar surface area (TPSA) is 6.48 Å². The molecular formula is C20H20ClF3N2. The van der Waals surface area contributed by atoms with Gasteiger partial charge in [-0.1, -0.05) is 29.8 Å². The number of nitrogens with zero attached hydrogens (tertiary/aromatic N) is 2. The van der Waals surface area contributed by atoms with Crippen molar-refractivity contribution in [3.8, 4) is 0 Å². The van der Waals surface area contributed by atoms with Crippen molar-refractivity contribution in [2.75, 3.05) is 31.1 Å². The lowest BCUT2D eigenvalue weighted by Crippen LogP contribution is -2.44. The van der Waals surface area contributed by atoms with E-state index in [-0.39, 0.29) is 0 Å².